The predicted molar refractivity (Wildman–Crippen MR) is 111 cm³/mol. The Morgan fingerprint density at radius 2 is 1.94 bits per heavy atom. The van der Waals surface area contributed by atoms with Gasteiger partial charge in [0, 0.05) is 19.1 Å². The molecule has 31 heavy (non-hydrogen) atoms. The number of benzene rings is 1. The molecule has 0 spiro atoms. The van der Waals surface area contributed by atoms with Crippen molar-refractivity contribution in [2.75, 3.05) is 20.1 Å². The van der Waals surface area contributed by atoms with E-state index < -0.39 is 32.7 Å². The number of rotatable bonds is 7. The fourth-order valence-electron chi connectivity index (χ4n) is 4.73. The van der Waals surface area contributed by atoms with Crippen molar-refractivity contribution in [3.63, 3.8) is 0 Å². The minimum atomic E-state index is -4.61. The third-order valence-electron chi connectivity index (χ3n) is 6.30. The van der Waals surface area contributed by atoms with Gasteiger partial charge in [-0.2, -0.15) is 13.2 Å². The predicted octanol–water partition coefficient (Wildman–Crippen LogP) is 2.85. The summed E-state index contributed by atoms with van der Waals surface area (Å²) >= 11 is 0. The van der Waals surface area contributed by atoms with Crippen LogP contribution in [0.15, 0.2) is 29.2 Å². The summed E-state index contributed by atoms with van der Waals surface area (Å²) in [7, 11) is -2.35. The zero-order valence-electron chi connectivity index (χ0n) is 17.9. The standard InChI is InChI=1S/C21H30F3N3O3S/c1-13(2)9-19(25-3)20(28)27-11-14-7-8-18(17(14)12-27)26-31(29,30)16-6-4-5-15(10-16)21(22,23)24/h4-6,10,13-14,17-19,25-26H,7-9,11-12H2,1-3H3/t14?,17?,18?,19-/m0/s1. The molecule has 1 aromatic carbocycles. The van der Waals surface area contributed by atoms with Crippen molar-refractivity contribution < 1.29 is 26.4 Å². The van der Waals surface area contributed by atoms with Crippen LogP contribution >= 0.6 is 0 Å². The van der Waals surface area contributed by atoms with E-state index in [1.54, 1.807) is 11.9 Å². The molecule has 1 aromatic rings. The van der Waals surface area contributed by atoms with Crippen molar-refractivity contribution in [3.8, 4) is 0 Å². The van der Waals surface area contributed by atoms with E-state index in [0.717, 1.165) is 24.6 Å². The number of nitrogens with one attached hydrogen (secondary N) is 2. The van der Waals surface area contributed by atoms with Crippen LogP contribution in [0.5, 0.6) is 0 Å². The van der Waals surface area contributed by atoms with Crippen LogP contribution in [0.4, 0.5) is 13.2 Å². The molecule has 2 N–H and O–H groups in total. The summed E-state index contributed by atoms with van der Waals surface area (Å²) in [6.45, 7) is 5.14. The summed E-state index contributed by atoms with van der Waals surface area (Å²) in [5, 5.41) is 3.07. The topological polar surface area (TPSA) is 78.5 Å². The first-order valence-corrected chi connectivity index (χ1v) is 12.1. The molecule has 6 nitrogen and oxygen atoms in total. The van der Waals surface area contributed by atoms with Crippen molar-refractivity contribution in [2.45, 2.75) is 56.3 Å². The summed E-state index contributed by atoms with van der Waals surface area (Å²) in [5.41, 5.74) is -0.999. The lowest BCUT2D eigenvalue weighted by Crippen LogP contribution is -2.46. The molecule has 3 rings (SSSR count). The highest BCUT2D eigenvalue weighted by atomic mass is 32.2. The smallest absolute Gasteiger partial charge is 0.341 e. The molecule has 3 unspecified atom stereocenters. The molecule has 1 saturated carbocycles. The Balaban J connectivity index is 1.70. The number of nitrogens with zero attached hydrogens (tertiary/aromatic N) is 1. The second kappa shape index (κ2) is 9.07. The van der Waals surface area contributed by atoms with Crippen LogP contribution in [-0.4, -0.2) is 51.4 Å². The molecule has 4 atom stereocenters. The lowest BCUT2D eigenvalue weighted by molar-refractivity contribution is -0.137. The molecule has 1 heterocycles. The summed E-state index contributed by atoms with van der Waals surface area (Å²) < 4.78 is 67.1. The van der Waals surface area contributed by atoms with Crippen LogP contribution in [0.1, 0.15) is 38.7 Å². The van der Waals surface area contributed by atoms with Crippen LogP contribution < -0.4 is 10.0 Å². The molecule has 1 aliphatic carbocycles. The molecule has 2 fully saturated rings. The largest absolute Gasteiger partial charge is 0.416 e. The number of hydrogen-bond acceptors (Lipinski definition) is 4. The van der Waals surface area contributed by atoms with Gasteiger partial charge in [0.1, 0.15) is 0 Å². The van der Waals surface area contributed by atoms with E-state index in [9.17, 15) is 26.4 Å². The average Bonchev–Trinajstić information content (AvgIpc) is 3.26. The molecule has 0 radical (unpaired) electrons. The maximum Gasteiger partial charge on any atom is 0.416 e. The fraction of sp³-hybridized carbons (Fsp3) is 0.667. The van der Waals surface area contributed by atoms with Crippen LogP contribution in [0.25, 0.3) is 0 Å². The minimum absolute atomic E-state index is 0.0186. The third kappa shape index (κ3) is 5.40. The Labute approximate surface area is 181 Å². The highest BCUT2D eigenvalue weighted by Gasteiger charge is 2.46. The van der Waals surface area contributed by atoms with Gasteiger partial charge in [-0.3, -0.25) is 4.79 Å². The second-order valence-electron chi connectivity index (χ2n) is 8.97. The number of halogens is 3. The summed E-state index contributed by atoms with van der Waals surface area (Å²) in [6, 6.07) is 3.08. The molecule has 1 aliphatic heterocycles. The number of likely N-dealkylation sites (N-methyl/N-ethyl adjacent to an activating group) is 1. The normalized spacial score (nSPS) is 25.1. The van der Waals surface area contributed by atoms with E-state index in [-0.39, 0.29) is 23.8 Å². The average molecular weight is 462 g/mol. The number of sulfonamides is 1. The number of fused-ring (bicyclic) bond motifs is 1. The van der Waals surface area contributed by atoms with Crippen LogP contribution in [0.3, 0.4) is 0 Å². The molecule has 0 aromatic heterocycles. The van der Waals surface area contributed by atoms with Crippen molar-refractivity contribution in [1.82, 2.24) is 14.9 Å². The summed E-state index contributed by atoms with van der Waals surface area (Å²) in [4.78, 5) is 14.3. The lowest BCUT2D eigenvalue weighted by atomic mass is 9.98. The maximum atomic E-state index is 13.0. The first-order chi connectivity index (χ1) is 14.4. The van der Waals surface area contributed by atoms with Gasteiger partial charge < -0.3 is 10.2 Å². The van der Waals surface area contributed by atoms with E-state index >= 15 is 0 Å². The SMILES string of the molecule is CN[C@@H](CC(C)C)C(=O)N1CC2CCC(NS(=O)(=O)c3cccc(C(F)(F)F)c3)C2C1. The quantitative estimate of drug-likeness (QED) is 0.655. The van der Waals surface area contributed by atoms with Crippen LogP contribution in [0.2, 0.25) is 0 Å². The second-order valence-corrected chi connectivity index (χ2v) is 10.7. The van der Waals surface area contributed by atoms with E-state index in [1.807, 2.05) is 0 Å². The molecule has 0 bridgehead atoms. The van der Waals surface area contributed by atoms with Gasteiger partial charge in [-0.05, 0) is 62.3 Å². The van der Waals surface area contributed by atoms with Crippen molar-refractivity contribution >= 4 is 15.9 Å². The van der Waals surface area contributed by atoms with Gasteiger partial charge in [0.05, 0.1) is 16.5 Å². The Morgan fingerprint density at radius 3 is 2.55 bits per heavy atom. The molecule has 2 aliphatic rings. The van der Waals surface area contributed by atoms with Gasteiger partial charge in [-0.1, -0.05) is 19.9 Å². The molecule has 1 amide bonds. The van der Waals surface area contributed by atoms with E-state index in [1.165, 1.54) is 0 Å². The molecule has 10 heteroatoms. The van der Waals surface area contributed by atoms with Crippen LogP contribution in [-0.2, 0) is 21.0 Å². The highest BCUT2D eigenvalue weighted by molar-refractivity contribution is 7.89. The Kier molecular flexibility index (Phi) is 7.02. The summed E-state index contributed by atoms with van der Waals surface area (Å²) in [6.07, 6.45) is -2.52. The van der Waals surface area contributed by atoms with Gasteiger partial charge in [-0.15, -0.1) is 0 Å². The fourth-order valence-corrected chi connectivity index (χ4v) is 6.10. The van der Waals surface area contributed by atoms with Gasteiger partial charge >= 0.3 is 6.18 Å². The zero-order chi connectivity index (χ0) is 23.0. The number of carbonyl (C=O) groups excluding carboxylic acids is 1. The molecular formula is C21H30F3N3O3S. The zero-order valence-corrected chi connectivity index (χ0v) is 18.8. The third-order valence-corrected chi connectivity index (χ3v) is 7.79. The highest BCUT2D eigenvalue weighted by Crippen LogP contribution is 2.39. The maximum absolute atomic E-state index is 13.0. The van der Waals surface area contributed by atoms with Crippen molar-refractivity contribution in [3.05, 3.63) is 29.8 Å². The number of amides is 1. The van der Waals surface area contributed by atoms with Gasteiger partial charge in [0.25, 0.3) is 0 Å². The van der Waals surface area contributed by atoms with Gasteiger partial charge in [0.15, 0.2) is 0 Å². The van der Waals surface area contributed by atoms with Crippen molar-refractivity contribution in [1.29, 1.82) is 0 Å². The Morgan fingerprint density at radius 1 is 1.23 bits per heavy atom. The van der Waals surface area contributed by atoms with Gasteiger partial charge in [-0.25, -0.2) is 13.1 Å². The van der Waals surface area contributed by atoms with Crippen molar-refractivity contribution in [2.24, 2.45) is 17.8 Å². The Bertz CT molecular complexity index is 905. The number of hydrogen-bond donors (Lipinski definition) is 2. The molecule has 174 valence electrons. The molecule has 1 saturated heterocycles. The first-order valence-electron chi connectivity index (χ1n) is 10.6. The Hall–Kier alpha value is -1.65. The van der Waals surface area contributed by atoms with E-state index in [0.29, 0.717) is 37.9 Å². The van der Waals surface area contributed by atoms with Gasteiger partial charge in [0.2, 0.25) is 15.9 Å². The van der Waals surface area contributed by atoms with Crippen LogP contribution in [0, 0.1) is 17.8 Å². The molecular weight excluding hydrogens is 431 g/mol. The number of alkyl halides is 3. The lowest BCUT2D eigenvalue weighted by Gasteiger charge is -2.26. The summed E-state index contributed by atoms with van der Waals surface area (Å²) in [5.74, 6) is 0.524. The van der Waals surface area contributed by atoms with E-state index in [4.69, 9.17) is 0 Å². The van der Waals surface area contributed by atoms with E-state index in [2.05, 4.69) is 23.9 Å². The number of carbonyl (C=O) groups is 1. The number of likely N-dealkylation sites (tertiary alicyclic amines) is 1. The monoisotopic (exact) mass is 461 g/mol. The minimum Gasteiger partial charge on any atom is -0.341 e. The first kappa shape index (κ1) is 24.0.